The van der Waals surface area contributed by atoms with Crippen LogP contribution in [-0.4, -0.2) is 65.1 Å². The first-order chi connectivity index (χ1) is 12.9. The summed E-state index contributed by atoms with van der Waals surface area (Å²) >= 11 is 0. The Bertz CT molecular complexity index is 771. The van der Waals surface area contributed by atoms with Gasteiger partial charge in [-0.15, -0.1) is 0 Å². The Morgan fingerprint density at radius 3 is 2.25 bits per heavy atom. The summed E-state index contributed by atoms with van der Waals surface area (Å²) < 4.78 is 85.5. The van der Waals surface area contributed by atoms with Gasteiger partial charge in [0, 0.05) is 13.1 Å². The van der Waals surface area contributed by atoms with Gasteiger partial charge in [0.25, 0.3) is 0 Å². The number of halogens is 4. The Kier molecular flexibility index (Phi) is 9.07. The van der Waals surface area contributed by atoms with Crippen molar-refractivity contribution in [3.63, 3.8) is 0 Å². The molecule has 1 amide bonds. The van der Waals surface area contributed by atoms with E-state index in [-0.39, 0.29) is 50.0 Å². The predicted molar refractivity (Wildman–Crippen MR) is 88.7 cm³/mol. The number of carbonyl (C=O) groups excluding carboxylic acids is 1. The van der Waals surface area contributed by atoms with Crippen molar-refractivity contribution in [3.05, 3.63) is 23.5 Å². The molecule has 0 saturated heterocycles. The molecule has 0 fully saturated rings. The van der Waals surface area contributed by atoms with Crippen LogP contribution >= 0.6 is 0 Å². The third-order valence-corrected chi connectivity index (χ3v) is 4.84. The van der Waals surface area contributed by atoms with Crippen molar-refractivity contribution < 1.29 is 45.4 Å². The molecule has 1 rings (SSSR count). The van der Waals surface area contributed by atoms with Gasteiger partial charge in [0.05, 0.1) is 31.3 Å². The van der Waals surface area contributed by atoms with Crippen LogP contribution in [0, 0.1) is 12.7 Å². The zero-order valence-corrected chi connectivity index (χ0v) is 15.6. The molecule has 13 heteroatoms. The van der Waals surface area contributed by atoms with E-state index in [1.807, 2.05) is 0 Å². The summed E-state index contributed by atoms with van der Waals surface area (Å²) in [6, 6.07) is 1.70. The second kappa shape index (κ2) is 10.5. The number of aryl methyl sites for hydroxylation is 1. The van der Waals surface area contributed by atoms with E-state index in [4.69, 9.17) is 9.47 Å². The van der Waals surface area contributed by atoms with E-state index in [0.29, 0.717) is 6.07 Å². The minimum absolute atomic E-state index is 0.0247. The standard InChI is InChI=1S/C15H20F4N2O6S/c1-10-8-12(22)11(16)9-13(10)28(24,25)21-3-5-27-7-6-26-4-2-20-14(23)15(17,18)19/h8-9,21-22H,2-7H2,1H3,(H,20,23). The first-order valence-electron chi connectivity index (χ1n) is 7.94. The summed E-state index contributed by atoms with van der Waals surface area (Å²) in [6.07, 6.45) is -4.94. The van der Waals surface area contributed by atoms with E-state index < -0.39 is 33.7 Å². The molecule has 1 aromatic rings. The number of carbonyl (C=O) groups is 1. The van der Waals surface area contributed by atoms with Crippen LogP contribution in [0.2, 0.25) is 0 Å². The van der Waals surface area contributed by atoms with Gasteiger partial charge >= 0.3 is 12.1 Å². The topological polar surface area (TPSA) is 114 Å². The summed E-state index contributed by atoms with van der Waals surface area (Å²) in [4.78, 5) is 10.2. The van der Waals surface area contributed by atoms with E-state index in [0.717, 1.165) is 6.07 Å². The predicted octanol–water partition coefficient (Wildman–Crippen LogP) is 0.830. The Hall–Kier alpha value is -1.96. The number of nitrogens with one attached hydrogen (secondary N) is 2. The molecular formula is C15H20F4N2O6S. The van der Waals surface area contributed by atoms with Crippen LogP contribution in [0.4, 0.5) is 17.6 Å². The second-order valence-corrected chi connectivity index (χ2v) is 7.18. The summed E-state index contributed by atoms with van der Waals surface area (Å²) in [5, 5.41) is 10.8. The van der Waals surface area contributed by atoms with Gasteiger partial charge in [-0.2, -0.15) is 13.2 Å². The molecule has 0 saturated carbocycles. The molecule has 0 aromatic heterocycles. The van der Waals surface area contributed by atoms with Gasteiger partial charge in [0.15, 0.2) is 11.6 Å². The molecule has 0 unspecified atom stereocenters. The highest BCUT2D eigenvalue weighted by atomic mass is 32.2. The molecule has 8 nitrogen and oxygen atoms in total. The van der Waals surface area contributed by atoms with Gasteiger partial charge < -0.3 is 19.9 Å². The molecule has 0 aliphatic carbocycles. The van der Waals surface area contributed by atoms with Crippen molar-refractivity contribution in [3.8, 4) is 5.75 Å². The average Bonchev–Trinajstić information content (AvgIpc) is 2.58. The number of phenolic OH excluding ortho intramolecular Hbond substituents is 1. The molecule has 0 atom stereocenters. The van der Waals surface area contributed by atoms with Crippen LogP contribution in [0.5, 0.6) is 5.75 Å². The minimum Gasteiger partial charge on any atom is -0.505 e. The highest BCUT2D eigenvalue weighted by molar-refractivity contribution is 7.89. The normalized spacial score (nSPS) is 12.2. The highest BCUT2D eigenvalue weighted by Gasteiger charge is 2.38. The van der Waals surface area contributed by atoms with E-state index in [9.17, 15) is 35.9 Å². The second-order valence-electron chi connectivity index (χ2n) is 5.45. The quantitative estimate of drug-likeness (QED) is 0.353. The van der Waals surface area contributed by atoms with Crippen LogP contribution in [0.3, 0.4) is 0 Å². The average molecular weight is 432 g/mol. The fourth-order valence-electron chi connectivity index (χ4n) is 1.92. The zero-order valence-electron chi connectivity index (χ0n) is 14.8. The molecule has 3 N–H and O–H groups in total. The van der Waals surface area contributed by atoms with E-state index >= 15 is 0 Å². The van der Waals surface area contributed by atoms with Crippen LogP contribution in [0.25, 0.3) is 0 Å². The smallest absolute Gasteiger partial charge is 0.471 e. The fourth-order valence-corrected chi connectivity index (χ4v) is 3.17. The van der Waals surface area contributed by atoms with Crippen molar-refractivity contribution >= 4 is 15.9 Å². The summed E-state index contributed by atoms with van der Waals surface area (Å²) in [6.45, 7) is 0.848. The van der Waals surface area contributed by atoms with E-state index in [1.54, 1.807) is 5.32 Å². The molecular weight excluding hydrogens is 412 g/mol. The van der Waals surface area contributed by atoms with Gasteiger partial charge in [0.1, 0.15) is 0 Å². The molecule has 0 heterocycles. The van der Waals surface area contributed by atoms with Crippen molar-refractivity contribution in [2.75, 3.05) is 39.5 Å². The number of amides is 1. The first-order valence-corrected chi connectivity index (χ1v) is 9.42. The fraction of sp³-hybridized carbons (Fsp3) is 0.533. The largest absolute Gasteiger partial charge is 0.505 e. The van der Waals surface area contributed by atoms with Crippen molar-refractivity contribution in [2.24, 2.45) is 0 Å². The SMILES string of the molecule is Cc1cc(O)c(F)cc1S(=O)(=O)NCCOCCOCCNC(=O)C(F)(F)F. The number of hydrogen-bond donors (Lipinski definition) is 3. The Morgan fingerprint density at radius 1 is 1.11 bits per heavy atom. The first kappa shape index (κ1) is 24.1. The third kappa shape index (κ3) is 7.96. The lowest BCUT2D eigenvalue weighted by atomic mass is 10.2. The number of hydrogen-bond acceptors (Lipinski definition) is 6. The molecule has 0 aliphatic heterocycles. The Labute approximate surface area is 158 Å². The van der Waals surface area contributed by atoms with Crippen molar-refractivity contribution in [2.45, 2.75) is 18.0 Å². The Balaban J connectivity index is 2.19. The Morgan fingerprint density at radius 2 is 1.68 bits per heavy atom. The number of rotatable bonds is 11. The maximum atomic E-state index is 13.3. The molecule has 0 radical (unpaired) electrons. The van der Waals surface area contributed by atoms with Gasteiger partial charge in [-0.25, -0.2) is 17.5 Å². The number of alkyl halides is 3. The molecule has 28 heavy (non-hydrogen) atoms. The number of phenols is 1. The number of ether oxygens (including phenoxy) is 2. The lowest BCUT2D eigenvalue weighted by molar-refractivity contribution is -0.173. The minimum atomic E-state index is -4.94. The highest BCUT2D eigenvalue weighted by Crippen LogP contribution is 2.23. The van der Waals surface area contributed by atoms with Crippen LogP contribution in [0.15, 0.2) is 17.0 Å². The third-order valence-electron chi connectivity index (χ3n) is 3.23. The maximum absolute atomic E-state index is 13.3. The van der Waals surface area contributed by atoms with E-state index in [1.165, 1.54) is 6.92 Å². The molecule has 0 aliphatic rings. The van der Waals surface area contributed by atoms with Gasteiger partial charge in [-0.3, -0.25) is 4.79 Å². The van der Waals surface area contributed by atoms with Crippen LogP contribution in [0.1, 0.15) is 5.56 Å². The maximum Gasteiger partial charge on any atom is 0.471 e. The summed E-state index contributed by atoms with van der Waals surface area (Å²) in [7, 11) is -4.00. The van der Waals surface area contributed by atoms with Crippen LogP contribution in [-0.2, 0) is 24.3 Å². The van der Waals surface area contributed by atoms with Crippen LogP contribution < -0.4 is 10.0 Å². The van der Waals surface area contributed by atoms with Gasteiger partial charge in [-0.05, 0) is 24.6 Å². The number of sulfonamides is 1. The monoisotopic (exact) mass is 432 g/mol. The van der Waals surface area contributed by atoms with Crippen molar-refractivity contribution in [1.29, 1.82) is 0 Å². The number of aromatic hydroxyl groups is 1. The summed E-state index contributed by atoms with van der Waals surface area (Å²) in [5.41, 5.74) is 0.165. The van der Waals surface area contributed by atoms with Crippen molar-refractivity contribution in [1.82, 2.24) is 10.0 Å². The van der Waals surface area contributed by atoms with E-state index in [2.05, 4.69) is 4.72 Å². The molecule has 160 valence electrons. The molecule has 0 spiro atoms. The number of benzene rings is 1. The zero-order chi connectivity index (χ0) is 21.4. The molecule has 0 bridgehead atoms. The summed E-state index contributed by atoms with van der Waals surface area (Å²) in [5.74, 6) is -3.77. The molecule has 1 aromatic carbocycles. The van der Waals surface area contributed by atoms with Gasteiger partial charge in [0.2, 0.25) is 10.0 Å². The van der Waals surface area contributed by atoms with Gasteiger partial charge in [-0.1, -0.05) is 0 Å². The lowest BCUT2D eigenvalue weighted by Crippen LogP contribution is -2.38. The lowest BCUT2D eigenvalue weighted by Gasteiger charge is -2.11.